The normalized spacial score (nSPS) is 13.2. The molecule has 2 aromatic rings. The molecule has 0 amide bonds. The topological polar surface area (TPSA) is 25.2 Å². The molecule has 1 atom stereocenters. The van der Waals surface area contributed by atoms with Gasteiger partial charge >= 0.3 is 0 Å². The van der Waals surface area contributed by atoms with Crippen LogP contribution in [0.4, 0.5) is 4.39 Å². The number of halogens is 2. The molecular weight excluding hydrogens is 241 g/mol. The second-order valence-electron chi connectivity index (χ2n) is 4.13. The van der Waals surface area contributed by atoms with Gasteiger partial charge in [-0.15, -0.1) is 0 Å². The van der Waals surface area contributed by atoms with E-state index in [0.717, 1.165) is 18.7 Å². The zero-order chi connectivity index (χ0) is 12.4. The monoisotopic (exact) mass is 255 g/mol. The summed E-state index contributed by atoms with van der Waals surface area (Å²) in [7, 11) is 0. The van der Waals surface area contributed by atoms with Gasteiger partial charge in [-0.25, -0.2) is 4.39 Å². The van der Waals surface area contributed by atoms with Crippen molar-refractivity contribution >= 4 is 22.6 Å². The zero-order valence-electron chi connectivity index (χ0n) is 9.89. The Morgan fingerprint density at radius 3 is 2.88 bits per heavy atom. The van der Waals surface area contributed by atoms with Crippen LogP contribution >= 0.6 is 11.6 Å². The Kier molecular flexibility index (Phi) is 3.69. The lowest BCUT2D eigenvalue weighted by atomic mass is 10.2. The molecule has 2 rings (SSSR count). The number of furan rings is 1. The number of fused-ring (bicyclic) bond motifs is 1. The SMILES string of the molecule is CCCNC(C)c1cc2cc(F)cc(Cl)c2o1. The van der Waals surface area contributed by atoms with Crippen molar-refractivity contribution in [2.45, 2.75) is 26.3 Å². The van der Waals surface area contributed by atoms with Crippen molar-refractivity contribution in [1.82, 2.24) is 5.32 Å². The Bertz CT molecular complexity index is 523. The van der Waals surface area contributed by atoms with Crippen LogP contribution in [0.5, 0.6) is 0 Å². The van der Waals surface area contributed by atoms with Crippen molar-refractivity contribution in [3.05, 3.63) is 34.8 Å². The van der Waals surface area contributed by atoms with Gasteiger partial charge in [0, 0.05) is 5.39 Å². The molecule has 0 aliphatic rings. The maximum absolute atomic E-state index is 13.2. The predicted molar refractivity (Wildman–Crippen MR) is 67.9 cm³/mol. The first-order valence-corrected chi connectivity index (χ1v) is 6.11. The highest BCUT2D eigenvalue weighted by atomic mass is 35.5. The maximum atomic E-state index is 13.2. The largest absolute Gasteiger partial charge is 0.458 e. The highest BCUT2D eigenvalue weighted by molar-refractivity contribution is 6.34. The molecule has 0 radical (unpaired) electrons. The van der Waals surface area contributed by atoms with Crippen LogP contribution in [0.1, 0.15) is 32.1 Å². The Labute approximate surface area is 105 Å². The quantitative estimate of drug-likeness (QED) is 0.882. The first-order valence-electron chi connectivity index (χ1n) is 5.73. The Morgan fingerprint density at radius 1 is 1.41 bits per heavy atom. The van der Waals surface area contributed by atoms with Crippen LogP contribution in [0.3, 0.4) is 0 Å². The minimum absolute atomic E-state index is 0.0986. The van der Waals surface area contributed by atoms with Gasteiger partial charge in [0.25, 0.3) is 0 Å². The van der Waals surface area contributed by atoms with Crippen molar-refractivity contribution < 1.29 is 8.81 Å². The minimum Gasteiger partial charge on any atom is -0.458 e. The van der Waals surface area contributed by atoms with Crippen molar-refractivity contribution in [3.8, 4) is 0 Å². The summed E-state index contributed by atoms with van der Waals surface area (Å²) < 4.78 is 18.8. The molecule has 1 heterocycles. The summed E-state index contributed by atoms with van der Waals surface area (Å²) in [5, 5.41) is 4.33. The lowest BCUT2D eigenvalue weighted by Gasteiger charge is -2.09. The van der Waals surface area contributed by atoms with E-state index in [0.29, 0.717) is 16.0 Å². The molecule has 17 heavy (non-hydrogen) atoms. The molecule has 1 N–H and O–H groups in total. The minimum atomic E-state index is -0.343. The number of hydrogen-bond donors (Lipinski definition) is 1. The first-order chi connectivity index (χ1) is 8.11. The first kappa shape index (κ1) is 12.4. The summed E-state index contributed by atoms with van der Waals surface area (Å²) in [6.45, 7) is 5.03. The molecule has 1 aromatic carbocycles. The Balaban J connectivity index is 2.34. The van der Waals surface area contributed by atoms with E-state index in [1.807, 2.05) is 13.0 Å². The third-order valence-electron chi connectivity index (χ3n) is 2.68. The fourth-order valence-electron chi connectivity index (χ4n) is 1.77. The van der Waals surface area contributed by atoms with Gasteiger partial charge in [0.15, 0.2) is 5.58 Å². The molecule has 4 heteroatoms. The number of hydrogen-bond acceptors (Lipinski definition) is 2. The van der Waals surface area contributed by atoms with Crippen LogP contribution in [0.2, 0.25) is 5.02 Å². The number of rotatable bonds is 4. The summed E-state index contributed by atoms with van der Waals surface area (Å²) in [6, 6.07) is 4.63. The lowest BCUT2D eigenvalue weighted by Crippen LogP contribution is -2.18. The molecule has 1 aromatic heterocycles. The summed E-state index contributed by atoms with van der Waals surface area (Å²) in [6.07, 6.45) is 1.06. The van der Waals surface area contributed by atoms with E-state index in [9.17, 15) is 4.39 Å². The second kappa shape index (κ2) is 5.07. The van der Waals surface area contributed by atoms with E-state index < -0.39 is 0 Å². The summed E-state index contributed by atoms with van der Waals surface area (Å²) in [5.41, 5.74) is 0.549. The van der Waals surface area contributed by atoms with Crippen LogP contribution in [0.25, 0.3) is 11.0 Å². The Hall–Kier alpha value is -1.06. The molecular formula is C13H15ClFNO. The average Bonchev–Trinajstić information content (AvgIpc) is 2.69. The van der Waals surface area contributed by atoms with Crippen LogP contribution in [-0.4, -0.2) is 6.54 Å². The third-order valence-corrected chi connectivity index (χ3v) is 2.96. The fourth-order valence-corrected chi connectivity index (χ4v) is 2.02. The summed E-state index contributed by atoms with van der Waals surface area (Å²) in [4.78, 5) is 0. The van der Waals surface area contributed by atoms with Crippen LogP contribution in [0, 0.1) is 5.82 Å². The fraction of sp³-hybridized carbons (Fsp3) is 0.385. The van der Waals surface area contributed by atoms with Gasteiger partial charge in [-0.05, 0) is 38.1 Å². The lowest BCUT2D eigenvalue weighted by molar-refractivity contribution is 0.452. The third kappa shape index (κ3) is 2.61. The van der Waals surface area contributed by atoms with E-state index in [2.05, 4.69) is 12.2 Å². The molecule has 0 saturated carbocycles. The molecule has 0 aliphatic carbocycles. The van der Waals surface area contributed by atoms with Crippen molar-refractivity contribution in [1.29, 1.82) is 0 Å². The zero-order valence-corrected chi connectivity index (χ0v) is 10.6. The van der Waals surface area contributed by atoms with Gasteiger partial charge in [0.2, 0.25) is 0 Å². The molecule has 0 bridgehead atoms. The van der Waals surface area contributed by atoms with Crippen LogP contribution in [-0.2, 0) is 0 Å². The Morgan fingerprint density at radius 2 is 2.18 bits per heavy atom. The molecule has 2 nitrogen and oxygen atoms in total. The predicted octanol–water partition coefficient (Wildman–Crippen LogP) is 4.29. The van der Waals surface area contributed by atoms with Gasteiger partial charge in [-0.1, -0.05) is 18.5 Å². The van der Waals surface area contributed by atoms with E-state index in [-0.39, 0.29) is 11.9 Å². The van der Waals surface area contributed by atoms with Crippen LogP contribution < -0.4 is 5.32 Å². The van der Waals surface area contributed by atoms with Gasteiger partial charge in [0.1, 0.15) is 11.6 Å². The van der Waals surface area contributed by atoms with Gasteiger partial charge in [-0.2, -0.15) is 0 Å². The number of benzene rings is 1. The highest BCUT2D eigenvalue weighted by Crippen LogP contribution is 2.30. The number of nitrogens with one attached hydrogen (secondary N) is 1. The summed E-state index contributed by atoms with van der Waals surface area (Å²) in [5.74, 6) is 0.435. The van der Waals surface area contributed by atoms with Crippen LogP contribution in [0.15, 0.2) is 22.6 Å². The van der Waals surface area contributed by atoms with E-state index in [1.54, 1.807) is 0 Å². The maximum Gasteiger partial charge on any atom is 0.153 e. The van der Waals surface area contributed by atoms with Crippen molar-refractivity contribution in [3.63, 3.8) is 0 Å². The van der Waals surface area contributed by atoms with Crippen molar-refractivity contribution in [2.75, 3.05) is 6.54 Å². The van der Waals surface area contributed by atoms with E-state index in [4.69, 9.17) is 16.0 Å². The molecule has 0 fully saturated rings. The molecule has 1 unspecified atom stereocenters. The summed E-state index contributed by atoms with van der Waals surface area (Å²) >= 11 is 5.93. The van der Waals surface area contributed by atoms with Crippen molar-refractivity contribution in [2.24, 2.45) is 0 Å². The molecule has 0 aliphatic heterocycles. The smallest absolute Gasteiger partial charge is 0.153 e. The second-order valence-corrected chi connectivity index (χ2v) is 4.54. The van der Waals surface area contributed by atoms with E-state index >= 15 is 0 Å². The van der Waals surface area contributed by atoms with Gasteiger partial charge in [-0.3, -0.25) is 0 Å². The highest BCUT2D eigenvalue weighted by Gasteiger charge is 2.13. The molecule has 92 valence electrons. The van der Waals surface area contributed by atoms with Gasteiger partial charge < -0.3 is 9.73 Å². The average molecular weight is 256 g/mol. The van der Waals surface area contributed by atoms with E-state index in [1.165, 1.54) is 12.1 Å². The molecule has 0 saturated heterocycles. The van der Waals surface area contributed by atoms with Gasteiger partial charge in [0.05, 0.1) is 11.1 Å². The standard InChI is InChI=1S/C13H15ClFNO/c1-3-4-16-8(2)12-6-9-5-10(15)7-11(14)13(9)17-12/h5-8,16H,3-4H2,1-2H3. The molecule has 0 spiro atoms.